The topological polar surface area (TPSA) is 52.4 Å². The minimum Gasteiger partial charge on any atom is -0.504 e. The molecule has 0 saturated heterocycles. The molecule has 148 valence electrons. The average molecular weight is 382 g/mol. The summed E-state index contributed by atoms with van der Waals surface area (Å²) < 4.78 is 17.4. The molecule has 2 unspecified atom stereocenters. The number of hydrogen-bond donors (Lipinski definition) is 2. The fourth-order valence-corrected chi connectivity index (χ4v) is 4.21. The molecule has 2 N–H and O–H groups in total. The second-order valence-corrected chi connectivity index (χ2v) is 7.08. The normalized spacial score (nSPS) is 19.4. The van der Waals surface area contributed by atoms with E-state index in [1.807, 2.05) is 39.0 Å². The van der Waals surface area contributed by atoms with E-state index >= 15 is 0 Å². The Bertz CT molecular complexity index is 999. The summed E-state index contributed by atoms with van der Waals surface area (Å²) in [4.78, 5) is 1.36. The first-order valence-corrected chi connectivity index (χ1v) is 10.1. The van der Waals surface area contributed by atoms with E-state index in [0.29, 0.717) is 25.6 Å². The maximum absolute atomic E-state index is 10.2. The molecule has 0 radical (unpaired) electrons. The Labute approximate surface area is 165 Å². The molecule has 0 bridgehead atoms. The van der Waals surface area contributed by atoms with E-state index in [2.05, 4.69) is 18.3 Å². The number of rotatable bonds is 6. The first kappa shape index (κ1) is 18.7. The van der Waals surface area contributed by atoms with E-state index in [1.165, 1.54) is 16.0 Å². The summed E-state index contributed by atoms with van der Waals surface area (Å²) in [5, 5.41) is 12.5. The van der Waals surface area contributed by atoms with Gasteiger partial charge in [-0.15, -0.1) is 0 Å². The molecular formula is C23H28NO4+. The van der Waals surface area contributed by atoms with E-state index in [1.54, 1.807) is 0 Å². The molecule has 0 fully saturated rings. The number of phenolic OH excluding ortho intramolecular Hbond substituents is 1. The van der Waals surface area contributed by atoms with Crippen molar-refractivity contribution < 1.29 is 24.2 Å². The van der Waals surface area contributed by atoms with Crippen molar-refractivity contribution in [1.29, 1.82) is 0 Å². The minimum absolute atomic E-state index is 0.198. The number of phenols is 1. The van der Waals surface area contributed by atoms with Crippen LogP contribution in [0.15, 0.2) is 24.3 Å². The van der Waals surface area contributed by atoms with Crippen molar-refractivity contribution in [1.82, 2.24) is 0 Å². The number of quaternary nitrogens is 1. The molecule has 28 heavy (non-hydrogen) atoms. The van der Waals surface area contributed by atoms with Gasteiger partial charge in [-0.1, -0.05) is 6.07 Å². The summed E-state index contributed by atoms with van der Waals surface area (Å²) in [6.07, 6.45) is 5.48. The van der Waals surface area contributed by atoms with Crippen LogP contribution in [0, 0.1) is 0 Å². The third kappa shape index (κ3) is 3.20. The third-order valence-corrected chi connectivity index (χ3v) is 5.40. The fourth-order valence-electron chi connectivity index (χ4n) is 4.21. The molecule has 0 amide bonds. The maximum atomic E-state index is 10.2. The quantitative estimate of drug-likeness (QED) is 0.791. The first-order valence-electron chi connectivity index (χ1n) is 10.1. The Morgan fingerprint density at radius 3 is 2.50 bits per heavy atom. The molecule has 2 aliphatic rings. The molecule has 0 aromatic heterocycles. The standard InChI is InChI=1S/C23H27NO4/c1-4-26-21-8-7-15-11-19-17-13-22(27-5-2)20(25)12-16(17)9-10-24(19)14-18(15)23(21)28-6-3/h7-8,11-14,19,25H,4-6,9-10H2,1-3H3/p+1. The highest BCUT2D eigenvalue weighted by atomic mass is 16.5. The van der Waals surface area contributed by atoms with Crippen LogP contribution in [0.1, 0.15) is 37.9 Å². The maximum Gasteiger partial charge on any atom is 0.174 e. The van der Waals surface area contributed by atoms with Gasteiger partial charge in [-0.05, 0) is 55.8 Å². The van der Waals surface area contributed by atoms with Crippen molar-refractivity contribution in [2.45, 2.75) is 33.2 Å². The Kier molecular flexibility index (Phi) is 5.18. The lowest BCUT2D eigenvalue weighted by Gasteiger charge is -2.32. The van der Waals surface area contributed by atoms with Crippen molar-refractivity contribution in [2.24, 2.45) is 0 Å². The minimum atomic E-state index is 0.198. The summed E-state index contributed by atoms with van der Waals surface area (Å²) in [6.45, 7) is 8.62. The van der Waals surface area contributed by atoms with Gasteiger partial charge in [-0.2, -0.15) is 0 Å². The van der Waals surface area contributed by atoms with Crippen molar-refractivity contribution in [3.63, 3.8) is 0 Å². The second kappa shape index (κ2) is 7.76. The SMILES string of the molecule is CCOc1cc2c(cc1O)CC[NH+]1C=c3c(OCC)c(OCC)ccc3=CC21. The van der Waals surface area contributed by atoms with Crippen molar-refractivity contribution in [3.05, 3.63) is 45.8 Å². The largest absolute Gasteiger partial charge is 0.504 e. The van der Waals surface area contributed by atoms with Crippen LogP contribution in [0.5, 0.6) is 23.0 Å². The lowest BCUT2D eigenvalue weighted by Crippen LogP contribution is -3.09. The monoisotopic (exact) mass is 382 g/mol. The van der Waals surface area contributed by atoms with E-state index in [4.69, 9.17) is 14.2 Å². The zero-order valence-electron chi connectivity index (χ0n) is 16.7. The molecule has 2 aliphatic heterocycles. The molecule has 2 atom stereocenters. The zero-order valence-corrected chi connectivity index (χ0v) is 16.7. The molecule has 5 nitrogen and oxygen atoms in total. The predicted molar refractivity (Wildman–Crippen MR) is 109 cm³/mol. The fraction of sp³-hybridized carbons (Fsp3) is 0.391. The van der Waals surface area contributed by atoms with Crippen LogP contribution < -0.4 is 29.5 Å². The van der Waals surface area contributed by atoms with E-state index in [-0.39, 0.29) is 11.8 Å². The molecule has 0 spiro atoms. The van der Waals surface area contributed by atoms with E-state index in [0.717, 1.165) is 34.9 Å². The van der Waals surface area contributed by atoms with Crippen LogP contribution in [0.25, 0.3) is 12.3 Å². The Balaban J connectivity index is 1.84. The number of aromatic hydroxyl groups is 1. The number of benzene rings is 2. The van der Waals surface area contributed by atoms with Crippen molar-refractivity contribution >= 4 is 12.3 Å². The molecule has 0 saturated carbocycles. The molecular weight excluding hydrogens is 354 g/mol. The van der Waals surface area contributed by atoms with Gasteiger partial charge < -0.3 is 19.3 Å². The van der Waals surface area contributed by atoms with Crippen LogP contribution in [0.2, 0.25) is 0 Å². The summed E-state index contributed by atoms with van der Waals surface area (Å²) in [6, 6.07) is 8.17. The Morgan fingerprint density at radius 1 is 1.00 bits per heavy atom. The number of ether oxygens (including phenoxy) is 3. The van der Waals surface area contributed by atoms with Crippen molar-refractivity contribution in [3.8, 4) is 23.0 Å². The number of nitrogens with one attached hydrogen (secondary N) is 1. The van der Waals surface area contributed by atoms with Gasteiger partial charge in [-0.25, -0.2) is 0 Å². The molecule has 2 aromatic carbocycles. The molecule has 0 aliphatic carbocycles. The number of hydrogen-bond acceptors (Lipinski definition) is 4. The Morgan fingerprint density at radius 2 is 1.75 bits per heavy atom. The van der Waals surface area contributed by atoms with E-state index < -0.39 is 0 Å². The van der Waals surface area contributed by atoms with Crippen LogP contribution in [-0.4, -0.2) is 31.5 Å². The third-order valence-electron chi connectivity index (χ3n) is 5.40. The summed E-state index contributed by atoms with van der Waals surface area (Å²) in [5.41, 5.74) is 2.41. The van der Waals surface area contributed by atoms with Gasteiger partial charge in [-0.3, -0.25) is 4.90 Å². The molecule has 2 aromatic rings. The highest BCUT2D eigenvalue weighted by Gasteiger charge is 2.32. The van der Waals surface area contributed by atoms with E-state index in [9.17, 15) is 5.11 Å². The van der Waals surface area contributed by atoms with Crippen LogP contribution in [0.3, 0.4) is 0 Å². The lowest BCUT2D eigenvalue weighted by atomic mass is 9.90. The van der Waals surface area contributed by atoms with Gasteiger partial charge >= 0.3 is 0 Å². The predicted octanol–water partition coefficient (Wildman–Crippen LogP) is 1.30. The van der Waals surface area contributed by atoms with Gasteiger partial charge in [0, 0.05) is 12.0 Å². The number of fused-ring (bicyclic) bond motifs is 4. The van der Waals surface area contributed by atoms with Gasteiger partial charge in [0.15, 0.2) is 23.0 Å². The second-order valence-electron chi connectivity index (χ2n) is 7.08. The van der Waals surface area contributed by atoms with Gasteiger partial charge in [0.25, 0.3) is 0 Å². The zero-order chi connectivity index (χ0) is 19.7. The summed E-state index contributed by atoms with van der Waals surface area (Å²) in [5.74, 6) is 2.41. The first-order chi connectivity index (χ1) is 13.7. The van der Waals surface area contributed by atoms with Gasteiger partial charge in [0.2, 0.25) is 0 Å². The molecule has 2 heterocycles. The Hall–Kier alpha value is -2.66. The smallest absolute Gasteiger partial charge is 0.174 e. The van der Waals surface area contributed by atoms with Crippen LogP contribution in [-0.2, 0) is 6.42 Å². The molecule has 5 heteroatoms. The van der Waals surface area contributed by atoms with Crippen molar-refractivity contribution in [2.75, 3.05) is 26.4 Å². The molecule has 4 rings (SSSR count). The van der Waals surface area contributed by atoms with Crippen LogP contribution >= 0.6 is 0 Å². The summed E-state index contributed by atoms with van der Waals surface area (Å²) in [7, 11) is 0. The highest BCUT2D eigenvalue weighted by molar-refractivity contribution is 5.55. The van der Waals surface area contributed by atoms with Gasteiger partial charge in [0.1, 0.15) is 12.2 Å². The average Bonchev–Trinajstić information content (AvgIpc) is 2.69. The highest BCUT2D eigenvalue weighted by Crippen LogP contribution is 2.34. The lowest BCUT2D eigenvalue weighted by molar-refractivity contribution is -0.844. The van der Waals surface area contributed by atoms with Gasteiger partial charge in [0.05, 0.1) is 31.6 Å². The van der Waals surface area contributed by atoms with Crippen LogP contribution in [0.4, 0.5) is 0 Å². The summed E-state index contributed by atoms with van der Waals surface area (Å²) >= 11 is 0.